The van der Waals surface area contributed by atoms with Gasteiger partial charge >= 0.3 is 0 Å². The molecule has 1 aliphatic heterocycles. The first-order valence-electron chi connectivity index (χ1n) is 11.4. The van der Waals surface area contributed by atoms with Crippen molar-refractivity contribution in [2.75, 3.05) is 20.3 Å². The van der Waals surface area contributed by atoms with Crippen molar-refractivity contribution in [1.29, 1.82) is 0 Å². The van der Waals surface area contributed by atoms with Crippen LogP contribution in [0.4, 0.5) is 4.39 Å². The average molecular weight is 474 g/mol. The Morgan fingerprint density at radius 3 is 2.54 bits per heavy atom. The van der Waals surface area contributed by atoms with Crippen LogP contribution in [0.25, 0.3) is 11.0 Å². The molecule has 2 heterocycles. The highest BCUT2D eigenvalue weighted by Crippen LogP contribution is 2.41. The predicted octanol–water partition coefficient (Wildman–Crippen LogP) is 5.13. The van der Waals surface area contributed by atoms with E-state index in [0.717, 1.165) is 11.6 Å². The number of nitrogens with zero attached hydrogens (tertiary/aromatic N) is 1. The van der Waals surface area contributed by atoms with Gasteiger partial charge in [-0.2, -0.15) is 0 Å². The summed E-state index contributed by atoms with van der Waals surface area (Å²) in [5.41, 5.74) is 1.69. The monoisotopic (exact) mass is 473 g/mol. The van der Waals surface area contributed by atoms with Crippen molar-refractivity contribution in [3.63, 3.8) is 0 Å². The summed E-state index contributed by atoms with van der Waals surface area (Å²) in [4.78, 5) is 28.8. The van der Waals surface area contributed by atoms with Gasteiger partial charge < -0.3 is 18.8 Å². The minimum absolute atomic E-state index is 0.0139. The van der Waals surface area contributed by atoms with E-state index in [1.54, 1.807) is 17.0 Å². The van der Waals surface area contributed by atoms with Gasteiger partial charge in [-0.25, -0.2) is 4.39 Å². The molecule has 6 nitrogen and oxygen atoms in total. The van der Waals surface area contributed by atoms with E-state index >= 15 is 0 Å². The molecule has 5 rings (SSSR count). The fourth-order valence-corrected chi connectivity index (χ4v) is 4.59. The van der Waals surface area contributed by atoms with E-state index in [1.807, 2.05) is 43.3 Å². The summed E-state index contributed by atoms with van der Waals surface area (Å²) in [6, 6.07) is 18.2. The number of hydrogen-bond donors (Lipinski definition) is 0. The highest BCUT2D eigenvalue weighted by molar-refractivity contribution is 5.99. The van der Waals surface area contributed by atoms with Crippen LogP contribution in [0.5, 0.6) is 11.5 Å². The molecule has 1 aromatic heterocycles. The van der Waals surface area contributed by atoms with Crippen molar-refractivity contribution in [3.05, 3.63) is 105 Å². The molecule has 0 spiro atoms. The quantitative estimate of drug-likeness (QED) is 0.372. The molecule has 0 saturated carbocycles. The van der Waals surface area contributed by atoms with Crippen LogP contribution in [0.3, 0.4) is 0 Å². The largest absolute Gasteiger partial charge is 0.493 e. The maximum absolute atomic E-state index is 14.0. The Kier molecular flexibility index (Phi) is 5.99. The molecular formula is C28H24FNO5. The van der Waals surface area contributed by atoms with E-state index in [-0.39, 0.29) is 28.2 Å². The molecule has 0 aliphatic carbocycles. The van der Waals surface area contributed by atoms with Crippen LogP contribution in [0.15, 0.2) is 75.9 Å². The molecule has 4 aromatic rings. The Balaban J connectivity index is 1.66. The van der Waals surface area contributed by atoms with E-state index in [0.29, 0.717) is 36.6 Å². The number of amides is 1. The summed E-state index contributed by atoms with van der Waals surface area (Å²) < 4.78 is 31.0. The Morgan fingerprint density at radius 2 is 1.80 bits per heavy atom. The van der Waals surface area contributed by atoms with Crippen molar-refractivity contribution in [2.24, 2.45) is 0 Å². The fraction of sp³-hybridized carbons (Fsp3) is 0.214. The first-order valence-corrected chi connectivity index (χ1v) is 11.4. The zero-order chi connectivity index (χ0) is 24.5. The lowest BCUT2D eigenvalue weighted by Gasteiger charge is -2.26. The van der Waals surface area contributed by atoms with Crippen LogP contribution in [-0.2, 0) is 6.42 Å². The topological polar surface area (TPSA) is 69.0 Å². The van der Waals surface area contributed by atoms with Crippen LogP contribution in [0.2, 0.25) is 0 Å². The van der Waals surface area contributed by atoms with Gasteiger partial charge in [-0.3, -0.25) is 9.59 Å². The van der Waals surface area contributed by atoms with Gasteiger partial charge in [0.25, 0.3) is 5.91 Å². The number of benzene rings is 3. The Labute approximate surface area is 201 Å². The minimum Gasteiger partial charge on any atom is -0.493 e. The molecule has 0 bridgehead atoms. The molecule has 1 aliphatic rings. The minimum atomic E-state index is -0.713. The molecule has 178 valence electrons. The summed E-state index contributed by atoms with van der Waals surface area (Å²) in [6.45, 7) is 2.70. The Hall–Kier alpha value is -4.13. The molecule has 3 aromatic carbocycles. The zero-order valence-electron chi connectivity index (χ0n) is 19.4. The third-order valence-electron chi connectivity index (χ3n) is 6.22. The normalized spacial score (nSPS) is 14.9. The number of hydrogen-bond acceptors (Lipinski definition) is 5. The number of methoxy groups -OCH3 is 1. The van der Waals surface area contributed by atoms with Crippen molar-refractivity contribution in [3.8, 4) is 11.5 Å². The smallest absolute Gasteiger partial charge is 0.290 e. The zero-order valence-corrected chi connectivity index (χ0v) is 19.4. The molecule has 1 atom stereocenters. The average Bonchev–Trinajstić information content (AvgIpc) is 3.16. The van der Waals surface area contributed by atoms with Gasteiger partial charge in [-0.05, 0) is 54.8 Å². The second kappa shape index (κ2) is 9.25. The third kappa shape index (κ3) is 4.03. The van der Waals surface area contributed by atoms with E-state index < -0.39 is 17.3 Å². The predicted molar refractivity (Wildman–Crippen MR) is 130 cm³/mol. The van der Waals surface area contributed by atoms with Gasteiger partial charge in [0.15, 0.2) is 16.9 Å². The first kappa shape index (κ1) is 22.7. The van der Waals surface area contributed by atoms with Crippen LogP contribution in [0, 0.1) is 5.82 Å². The Morgan fingerprint density at radius 1 is 1.00 bits per heavy atom. The first-order chi connectivity index (χ1) is 17.0. The molecular weight excluding hydrogens is 449 g/mol. The third-order valence-corrected chi connectivity index (χ3v) is 6.22. The number of halogens is 1. The molecule has 35 heavy (non-hydrogen) atoms. The number of rotatable bonds is 7. The molecule has 0 fully saturated rings. The van der Waals surface area contributed by atoms with Crippen molar-refractivity contribution >= 4 is 16.9 Å². The SMILES string of the molecule is CCOc1ccc(C2c3c(oc4ccc(F)cc4c3=O)C(=O)N2CCc2ccccc2)cc1OC. The van der Waals surface area contributed by atoms with Crippen molar-refractivity contribution in [1.82, 2.24) is 4.90 Å². The number of carbonyl (C=O) groups excluding carboxylic acids is 1. The molecule has 0 radical (unpaired) electrons. The highest BCUT2D eigenvalue weighted by Gasteiger charge is 2.42. The molecule has 7 heteroatoms. The Bertz CT molecular complexity index is 1460. The van der Waals surface area contributed by atoms with Crippen molar-refractivity contribution < 1.29 is 23.1 Å². The van der Waals surface area contributed by atoms with Crippen LogP contribution < -0.4 is 14.9 Å². The standard InChI is InChI=1S/C28H24FNO5/c1-3-34-22-11-9-18(15-23(22)33-2)25-24-26(31)20-16-19(29)10-12-21(20)35-27(24)28(32)30(25)14-13-17-7-5-4-6-8-17/h4-12,15-16,25H,3,13-14H2,1-2H3. The summed E-state index contributed by atoms with van der Waals surface area (Å²) in [5.74, 6) is 0.114. The highest BCUT2D eigenvalue weighted by atomic mass is 19.1. The number of carbonyl (C=O) groups is 1. The fourth-order valence-electron chi connectivity index (χ4n) is 4.59. The van der Waals surface area contributed by atoms with E-state index in [2.05, 4.69) is 0 Å². The maximum atomic E-state index is 14.0. The lowest BCUT2D eigenvalue weighted by atomic mass is 9.97. The van der Waals surface area contributed by atoms with Gasteiger partial charge in [0, 0.05) is 6.54 Å². The van der Waals surface area contributed by atoms with E-state index in [9.17, 15) is 14.0 Å². The summed E-state index contributed by atoms with van der Waals surface area (Å²) in [5, 5.41) is 0.101. The van der Waals surface area contributed by atoms with Gasteiger partial charge in [0.05, 0.1) is 30.7 Å². The molecule has 0 saturated heterocycles. The van der Waals surface area contributed by atoms with Gasteiger partial charge in [0.2, 0.25) is 5.76 Å². The summed E-state index contributed by atoms with van der Waals surface area (Å²) in [7, 11) is 1.53. The maximum Gasteiger partial charge on any atom is 0.290 e. The van der Waals surface area contributed by atoms with Gasteiger partial charge in [0.1, 0.15) is 11.4 Å². The van der Waals surface area contributed by atoms with Gasteiger partial charge in [-0.1, -0.05) is 36.4 Å². The van der Waals surface area contributed by atoms with E-state index in [1.165, 1.54) is 19.2 Å². The van der Waals surface area contributed by atoms with Gasteiger partial charge in [-0.15, -0.1) is 0 Å². The van der Waals surface area contributed by atoms with Crippen molar-refractivity contribution in [2.45, 2.75) is 19.4 Å². The number of fused-ring (bicyclic) bond motifs is 2. The summed E-state index contributed by atoms with van der Waals surface area (Å²) in [6.07, 6.45) is 0.591. The molecule has 1 unspecified atom stereocenters. The molecule has 1 amide bonds. The lowest BCUT2D eigenvalue weighted by molar-refractivity contribution is 0.0730. The second-order valence-electron chi connectivity index (χ2n) is 8.29. The van der Waals surface area contributed by atoms with E-state index in [4.69, 9.17) is 13.9 Å². The van der Waals surface area contributed by atoms with Crippen LogP contribution in [-0.4, -0.2) is 31.1 Å². The van der Waals surface area contributed by atoms with Crippen LogP contribution in [0.1, 0.15) is 40.2 Å². The number of ether oxygens (including phenoxy) is 2. The lowest BCUT2D eigenvalue weighted by Crippen LogP contribution is -2.31. The molecule has 0 N–H and O–H groups in total. The second-order valence-corrected chi connectivity index (χ2v) is 8.29. The van der Waals surface area contributed by atoms with Crippen LogP contribution >= 0.6 is 0 Å². The summed E-state index contributed by atoms with van der Waals surface area (Å²) >= 11 is 0.